The van der Waals surface area contributed by atoms with Crippen LogP contribution in [0.25, 0.3) is 0 Å². The first kappa shape index (κ1) is 27.0. The first-order valence-corrected chi connectivity index (χ1v) is 12.2. The molecule has 174 valence electrons. The van der Waals surface area contributed by atoms with Gasteiger partial charge in [0.1, 0.15) is 6.73 Å². The van der Waals surface area contributed by atoms with Gasteiger partial charge in [-0.2, -0.15) is 23.5 Å². The fourth-order valence-electron chi connectivity index (χ4n) is 2.61. The van der Waals surface area contributed by atoms with Gasteiger partial charge in [0.15, 0.2) is 0 Å². The zero-order valence-corrected chi connectivity index (χ0v) is 20.1. The third kappa shape index (κ3) is 8.26. The van der Waals surface area contributed by atoms with E-state index in [0.717, 1.165) is 13.7 Å². The predicted octanol–water partition coefficient (Wildman–Crippen LogP) is 0.562. The summed E-state index contributed by atoms with van der Waals surface area (Å²) in [5.41, 5.74) is -1.96. The maximum Gasteiger partial charge on any atom is 0.338 e. The smallest absolute Gasteiger partial charge is 0.338 e. The summed E-state index contributed by atoms with van der Waals surface area (Å²) in [7, 11) is 1.38. The minimum absolute atomic E-state index is 0.0189. The lowest BCUT2D eigenvalue weighted by molar-refractivity contribution is 0.0498. The van der Waals surface area contributed by atoms with E-state index >= 15 is 0 Å². The molecule has 1 aromatic heterocycles. The Bertz CT molecular complexity index is 783. The summed E-state index contributed by atoms with van der Waals surface area (Å²) >= 11 is 3.04. The normalized spacial score (nSPS) is 14.1. The molecule has 1 aromatic rings. The van der Waals surface area contributed by atoms with Crippen LogP contribution in [0, 0.1) is 0 Å². The van der Waals surface area contributed by atoms with Gasteiger partial charge in [-0.25, -0.2) is 28.1 Å². The number of rotatable bonds is 13. The molecule has 0 bridgehead atoms. The van der Waals surface area contributed by atoms with E-state index < -0.39 is 29.3 Å². The van der Waals surface area contributed by atoms with Crippen molar-refractivity contribution in [1.82, 2.24) is 13.7 Å². The molecule has 1 heterocycles. The monoisotopic (exact) mass is 465 g/mol. The summed E-state index contributed by atoms with van der Waals surface area (Å²) in [5, 5.41) is 20.2. The summed E-state index contributed by atoms with van der Waals surface area (Å²) in [5.74, 6) is 1.42. The van der Waals surface area contributed by atoms with Crippen LogP contribution in [-0.4, -0.2) is 65.2 Å². The van der Waals surface area contributed by atoms with Crippen molar-refractivity contribution in [3.8, 4) is 0 Å². The number of thioether (sulfide) groups is 2. The standard InChI is InChI=1S/C19H35N3O6S2/c1-6-8-20-16(25)21(18(27)22(13-28-5)17(20)26)9-7-10-29-11-14(23)15(24)12-30-19(2,3)4/h14-15,23-24H,6-13H2,1-5H3. The third-order valence-corrected chi connectivity index (χ3v) is 6.71. The Morgan fingerprint density at radius 1 is 0.933 bits per heavy atom. The van der Waals surface area contributed by atoms with E-state index in [2.05, 4.69) is 20.8 Å². The summed E-state index contributed by atoms with van der Waals surface area (Å²) < 4.78 is 7.97. The predicted molar refractivity (Wildman–Crippen MR) is 123 cm³/mol. The van der Waals surface area contributed by atoms with Crippen molar-refractivity contribution in [2.75, 3.05) is 24.4 Å². The molecule has 30 heavy (non-hydrogen) atoms. The zero-order chi connectivity index (χ0) is 22.9. The molecule has 0 spiro atoms. The minimum atomic E-state index is -0.835. The highest BCUT2D eigenvalue weighted by Crippen LogP contribution is 2.24. The highest BCUT2D eigenvalue weighted by Gasteiger charge is 2.20. The van der Waals surface area contributed by atoms with Crippen molar-refractivity contribution in [3.05, 3.63) is 31.5 Å². The van der Waals surface area contributed by atoms with Crippen LogP contribution >= 0.6 is 23.5 Å². The van der Waals surface area contributed by atoms with Crippen molar-refractivity contribution in [2.45, 2.75) is 77.3 Å². The first-order valence-electron chi connectivity index (χ1n) is 10.0. The maximum absolute atomic E-state index is 12.6. The lowest BCUT2D eigenvalue weighted by Gasteiger charge is -2.22. The molecule has 0 saturated carbocycles. The van der Waals surface area contributed by atoms with Crippen molar-refractivity contribution in [3.63, 3.8) is 0 Å². The van der Waals surface area contributed by atoms with Crippen LogP contribution in [0.15, 0.2) is 14.4 Å². The molecule has 2 atom stereocenters. The Balaban J connectivity index is 2.67. The quantitative estimate of drug-likeness (QED) is 0.406. The molecule has 1 rings (SSSR count). The molecule has 2 unspecified atom stereocenters. The van der Waals surface area contributed by atoms with E-state index in [1.54, 1.807) is 11.8 Å². The zero-order valence-electron chi connectivity index (χ0n) is 18.5. The lowest BCUT2D eigenvalue weighted by Crippen LogP contribution is -2.54. The topological polar surface area (TPSA) is 116 Å². The highest BCUT2D eigenvalue weighted by atomic mass is 32.2. The number of ether oxygens (including phenoxy) is 1. The second kappa shape index (κ2) is 12.7. The van der Waals surface area contributed by atoms with Crippen LogP contribution in [-0.2, 0) is 24.6 Å². The lowest BCUT2D eigenvalue weighted by atomic mass is 10.2. The number of nitrogens with zero attached hydrogens (tertiary/aromatic N) is 3. The van der Waals surface area contributed by atoms with Gasteiger partial charge >= 0.3 is 17.1 Å². The van der Waals surface area contributed by atoms with E-state index in [4.69, 9.17) is 4.74 Å². The van der Waals surface area contributed by atoms with Gasteiger partial charge in [0.05, 0.1) is 12.2 Å². The molecular formula is C19H35N3O6S2. The average Bonchev–Trinajstić information content (AvgIpc) is 2.67. The number of aliphatic hydroxyl groups excluding tert-OH is 2. The average molecular weight is 466 g/mol. The van der Waals surface area contributed by atoms with E-state index in [9.17, 15) is 24.6 Å². The molecule has 0 radical (unpaired) electrons. The molecule has 2 N–H and O–H groups in total. The van der Waals surface area contributed by atoms with E-state index in [0.29, 0.717) is 30.1 Å². The van der Waals surface area contributed by atoms with Gasteiger partial charge in [0.25, 0.3) is 0 Å². The van der Waals surface area contributed by atoms with Crippen molar-refractivity contribution >= 4 is 23.5 Å². The van der Waals surface area contributed by atoms with Crippen molar-refractivity contribution in [1.29, 1.82) is 0 Å². The summed E-state index contributed by atoms with van der Waals surface area (Å²) in [4.78, 5) is 37.4. The van der Waals surface area contributed by atoms with Crippen LogP contribution in [0.5, 0.6) is 0 Å². The molecule has 9 nitrogen and oxygen atoms in total. The number of aliphatic hydroxyl groups is 2. The van der Waals surface area contributed by atoms with Crippen LogP contribution < -0.4 is 17.1 Å². The maximum atomic E-state index is 12.6. The Morgan fingerprint density at radius 3 is 2.00 bits per heavy atom. The van der Waals surface area contributed by atoms with Crippen LogP contribution in [0.1, 0.15) is 40.5 Å². The number of methoxy groups -OCH3 is 1. The van der Waals surface area contributed by atoms with Crippen LogP contribution in [0.3, 0.4) is 0 Å². The summed E-state index contributed by atoms with van der Waals surface area (Å²) in [6.07, 6.45) is -0.540. The summed E-state index contributed by atoms with van der Waals surface area (Å²) in [6.45, 7) is 8.18. The Morgan fingerprint density at radius 2 is 1.47 bits per heavy atom. The van der Waals surface area contributed by atoms with Crippen LogP contribution in [0.4, 0.5) is 0 Å². The Kier molecular flexibility index (Phi) is 11.5. The minimum Gasteiger partial charge on any atom is -0.390 e. The molecule has 0 aromatic carbocycles. The number of hydrogen-bond donors (Lipinski definition) is 2. The van der Waals surface area contributed by atoms with Crippen LogP contribution in [0.2, 0.25) is 0 Å². The molecule has 0 aliphatic heterocycles. The Labute approximate surface area is 185 Å². The molecule has 0 fully saturated rings. The van der Waals surface area contributed by atoms with Gasteiger partial charge in [-0.05, 0) is 18.6 Å². The third-order valence-electron chi connectivity index (χ3n) is 4.18. The SMILES string of the molecule is CCCn1c(=O)n(CCCSCC(O)C(O)CSC(C)(C)C)c(=O)n(COC)c1=O. The van der Waals surface area contributed by atoms with Crippen molar-refractivity contribution < 1.29 is 14.9 Å². The van der Waals surface area contributed by atoms with Gasteiger partial charge < -0.3 is 14.9 Å². The second-order valence-corrected chi connectivity index (χ2v) is 11.0. The van der Waals surface area contributed by atoms with E-state index in [1.807, 2.05) is 6.92 Å². The van der Waals surface area contributed by atoms with Gasteiger partial charge in [-0.1, -0.05) is 27.7 Å². The van der Waals surface area contributed by atoms with Crippen molar-refractivity contribution in [2.24, 2.45) is 0 Å². The van der Waals surface area contributed by atoms with Gasteiger partial charge in [-0.3, -0.25) is 0 Å². The first-order chi connectivity index (χ1) is 14.0. The van der Waals surface area contributed by atoms with E-state index in [-0.39, 0.29) is 24.6 Å². The van der Waals surface area contributed by atoms with Gasteiger partial charge in [-0.15, -0.1) is 0 Å². The van der Waals surface area contributed by atoms with E-state index in [1.165, 1.54) is 18.9 Å². The molecule has 0 amide bonds. The molecule has 0 aliphatic carbocycles. The second-order valence-electron chi connectivity index (χ2n) is 7.98. The Hall–Kier alpha value is -1.01. The molecular weight excluding hydrogens is 430 g/mol. The fraction of sp³-hybridized carbons (Fsp3) is 0.842. The fourth-order valence-corrected chi connectivity index (χ4v) is 4.47. The van der Waals surface area contributed by atoms with Gasteiger partial charge in [0, 0.05) is 36.5 Å². The molecule has 0 aliphatic rings. The summed E-state index contributed by atoms with van der Waals surface area (Å²) in [6, 6.07) is 0. The highest BCUT2D eigenvalue weighted by molar-refractivity contribution is 8.00. The number of hydrogen-bond acceptors (Lipinski definition) is 8. The number of aromatic nitrogens is 3. The molecule has 11 heteroatoms. The molecule has 0 saturated heterocycles. The largest absolute Gasteiger partial charge is 0.390 e. The van der Waals surface area contributed by atoms with Gasteiger partial charge in [0.2, 0.25) is 0 Å².